The first-order valence-electron chi connectivity index (χ1n) is 5.17. The SMILES string of the molecule is C=C(C)CC(NC)C1CCCCS1. The summed E-state index contributed by atoms with van der Waals surface area (Å²) in [5.74, 6) is 1.35. The summed E-state index contributed by atoms with van der Waals surface area (Å²) in [7, 11) is 2.07. The molecule has 1 nitrogen and oxygen atoms in total. The lowest BCUT2D eigenvalue weighted by Gasteiger charge is -2.29. The molecular weight excluding hydrogens is 178 g/mol. The number of hydrogen-bond donors (Lipinski definition) is 1. The van der Waals surface area contributed by atoms with Crippen LogP contribution in [0, 0.1) is 0 Å². The van der Waals surface area contributed by atoms with Gasteiger partial charge in [-0.3, -0.25) is 0 Å². The predicted molar refractivity (Wildman–Crippen MR) is 62.4 cm³/mol. The Labute approximate surface area is 86.4 Å². The summed E-state index contributed by atoms with van der Waals surface area (Å²) in [6.07, 6.45) is 5.33. The van der Waals surface area contributed by atoms with Crippen LogP contribution in [0.3, 0.4) is 0 Å². The van der Waals surface area contributed by atoms with Crippen molar-refractivity contribution < 1.29 is 0 Å². The van der Waals surface area contributed by atoms with Gasteiger partial charge in [0.25, 0.3) is 0 Å². The Morgan fingerprint density at radius 3 is 2.85 bits per heavy atom. The van der Waals surface area contributed by atoms with E-state index in [-0.39, 0.29) is 0 Å². The molecule has 2 unspecified atom stereocenters. The molecule has 0 saturated carbocycles. The second kappa shape index (κ2) is 5.71. The molecule has 13 heavy (non-hydrogen) atoms. The number of hydrogen-bond acceptors (Lipinski definition) is 2. The zero-order valence-electron chi connectivity index (χ0n) is 8.81. The Kier molecular flexibility index (Phi) is 4.89. The molecule has 1 aliphatic rings. The van der Waals surface area contributed by atoms with Crippen LogP contribution >= 0.6 is 11.8 Å². The third-order valence-electron chi connectivity index (χ3n) is 2.60. The monoisotopic (exact) mass is 199 g/mol. The van der Waals surface area contributed by atoms with E-state index in [4.69, 9.17) is 0 Å². The highest BCUT2D eigenvalue weighted by atomic mass is 32.2. The van der Waals surface area contributed by atoms with Gasteiger partial charge in [0.15, 0.2) is 0 Å². The minimum absolute atomic E-state index is 0.641. The van der Waals surface area contributed by atoms with Crippen molar-refractivity contribution in [1.29, 1.82) is 0 Å². The molecule has 0 aromatic rings. The Morgan fingerprint density at radius 1 is 1.62 bits per heavy atom. The summed E-state index contributed by atoms with van der Waals surface area (Å²) in [6.45, 7) is 6.11. The van der Waals surface area contributed by atoms with Gasteiger partial charge in [0.1, 0.15) is 0 Å². The smallest absolute Gasteiger partial charge is 0.0220 e. The minimum atomic E-state index is 0.641. The van der Waals surface area contributed by atoms with Gasteiger partial charge in [-0.25, -0.2) is 0 Å². The van der Waals surface area contributed by atoms with Crippen LogP contribution in [0.25, 0.3) is 0 Å². The first-order valence-corrected chi connectivity index (χ1v) is 6.22. The molecule has 2 atom stereocenters. The Morgan fingerprint density at radius 2 is 2.38 bits per heavy atom. The summed E-state index contributed by atoms with van der Waals surface area (Å²) < 4.78 is 0. The van der Waals surface area contributed by atoms with Crippen LogP contribution in [0.2, 0.25) is 0 Å². The van der Waals surface area contributed by atoms with E-state index in [0.29, 0.717) is 6.04 Å². The van der Waals surface area contributed by atoms with Crippen molar-refractivity contribution in [1.82, 2.24) is 5.32 Å². The first-order chi connectivity index (χ1) is 6.24. The predicted octanol–water partition coefficient (Wildman–Crippen LogP) is 2.83. The molecule has 1 fully saturated rings. The fourth-order valence-corrected chi connectivity index (χ4v) is 3.35. The third kappa shape index (κ3) is 3.74. The molecule has 0 spiro atoms. The van der Waals surface area contributed by atoms with Gasteiger partial charge < -0.3 is 5.32 Å². The van der Waals surface area contributed by atoms with Crippen molar-refractivity contribution in [3.8, 4) is 0 Å². The molecular formula is C11H21NS. The summed E-state index contributed by atoms with van der Waals surface area (Å²) in [5, 5.41) is 4.24. The van der Waals surface area contributed by atoms with Gasteiger partial charge in [-0.2, -0.15) is 11.8 Å². The highest BCUT2D eigenvalue weighted by molar-refractivity contribution is 8.00. The zero-order valence-corrected chi connectivity index (χ0v) is 9.62. The second-order valence-corrected chi connectivity index (χ2v) is 5.31. The summed E-state index contributed by atoms with van der Waals surface area (Å²) >= 11 is 2.13. The van der Waals surface area contributed by atoms with Crippen LogP contribution in [0.1, 0.15) is 32.6 Å². The van der Waals surface area contributed by atoms with Crippen LogP contribution < -0.4 is 5.32 Å². The first kappa shape index (κ1) is 11.1. The molecule has 0 aromatic carbocycles. The maximum Gasteiger partial charge on any atom is 0.0220 e. The van der Waals surface area contributed by atoms with Crippen molar-refractivity contribution in [2.24, 2.45) is 0 Å². The van der Waals surface area contributed by atoms with Crippen LogP contribution in [-0.2, 0) is 0 Å². The topological polar surface area (TPSA) is 12.0 Å². The Bertz CT molecular complexity index is 161. The minimum Gasteiger partial charge on any atom is -0.316 e. The van der Waals surface area contributed by atoms with Crippen molar-refractivity contribution in [3.05, 3.63) is 12.2 Å². The summed E-state index contributed by atoms with van der Waals surface area (Å²) in [6, 6.07) is 0.641. The van der Waals surface area contributed by atoms with E-state index in [1.807, 2.05) is 0 Å². The number of nitrogens with one attached hydrogen (secondary N) is 1. The average Bonchev–Trinajstić information content (AvgIpc) is 2.15. The van der Waals surface area contributed by atoms with E-state index >= 15 is 0 Å². The number of rotatable bonds is 4. The lowest BCUT2D eigenvalue weighted by molar-refractivity contribution is 0.494. The molecule has 2 heteroatoms. The average molecular weight is 199 g/mol. The van der Waals surface area contributed by atoms with Crippen LogP contribution in [0.5, 0.6) is 0 Å². The molecule has 1 rings (SSSR count). The molecule has 0 aromatic heterocycles. The summed E-state index contributed by atoms with van der Waals surface area (Å²) in [4.78, 5) is 0. The second-order valence-electron chi connectivity index (χ2n) is 3.96. The molecule has 0 amide bonds. The van der Waals surface area contributed by atoms with Gasteiger partial charge in [-0.05, 0) is 39.0 Å². The van der Waals surface area contributed by atoms with Crippen molar-refractivity contribution in [2.45, 2.75) is 43.9 Å². The molecule has 1 heterocycles. The van der Waals surface area contributed by atoms with E-state index in [2.05, 4.69) is 37.6 Å². The van der Waals surface area contributed by atoms with Gasteiger partial charge in [-0.15, -0.1) is 6.58 Å². The van der Waals surface area contributed by atoms with Gasteiger partial charge in [-0.1, -0.05) is 12.0 Å². The molecule has 1 N–H and O–H groups in total. The van der Waals surface area contributed by atoms with Crippen molar-refractivity contribution >= 4 is 11.8 Å². The van der Waals surface area contributed by atoms with Gasteiger partial charge >= 0.3 is 0 Å². The fourth-order valence-electron chi connectivity index (χ4n) is 1.88. The lowest BCUT2D eigenvalue weighted by atomic mass is 10.0. The van der Waals surface area contributed by atoms with E-state index in [9.17, 15) is 0 Å². The fraction of sp³-hybridized carbons (Fsp3) is 0.818. The molecule has 0 radical (unpaired) electrons. The lowest BCUT2D eigenvalue weighted by Crippen LogP contribution is -2.37. The van der Waals surface area contributed by atoms with E-state index in [1.54, 1.807) is 0 Å². The maximum absolute atomic E-state index is 3.99. The molecule has 76 valence electrons. The third-order valence-corrected chi connectivity index (χ3v) is 4.12. The van der Waals surface area contributed by atoms with E-state index in [0.717, 1.165) is 11.7 Å². The maximum atomic E-state index is 3.99. The highest BCUT2D eigenvalue weighted by Crippen LogP contribution is 2.29. The highest BCUT2D eigenvalue weighted by Gasteiger charge is 2.22. The van der Waals surface area contributed by atoms with Crippen molar-refractivity contribution in [2.75, 3.05) is 12.8 Å². The van der Waals surface area contributed by atoms with Crippen molar-refractivity contribution in [3.63, 3.8) is 0 Å². The van der Waals surface area contributed by atoms with Crippen LogP contribution in [-0.4, -0.2) is 24.1 Å². The Balaban J connectivity index is 2.39. The van der Waals surface area contributed by atoms with Gasteiger partial charge in [0.2, 0.25) is 0 Å². The van der Waals surface area contributed by atoms with Gasteiger partial charge in [0.05, 0.1) is 0 Å². The molecule has 0 aliphatic carbocycles. The number of thioether (sulfide) groups is 1. The van der Waals surface area contributed by atoms with E-state index in [1.165, 1.54) is 30.6 Å². The van der Waals surface area contributed by atoms with Crippen LogP contribution in [0.4, 0.5) is 0 Å². The van der Waals surface area contributed by atoms with Crippen LogP contribution in [0.15, 0.2) is 12.2 Å². The quantitative estimate of drug-likeness (QED) is 0.699. The summed E-state index contributed by atoms with van der Waals surface area (Å²) in [5.41, 5.74) is 1.30. The molecule has 1 aliphatic heterocycles. The molecule has 0 bridgehead atoms. The largest absolute Gasteiger partial charge is 0.316 e. The van der Waals surface area contributed by atoms with E-state index < -0.39 is 0 Å². The Hall–Kier alpha value is 0.0500. The van der Waals surface area contributed by atoms with Gasteiger partial charge in [0, 0.05) is 11.3 Å². The standard InChI is InChI=1S/C11H21NS/c1-9(2)8-10(12-3)11-6-4-5-7-13-11/h10-12H,1,4-8H2,2-3H3. The normalized spacial score (nSPS) is 25.5. The zero-order chi connectivity index (χ0) is 9.68. The molecule has 1 saturated heterocycles.